The van der Waals surface area contributed by atoms with Gasteiger partial charge in [-0.1, -0.05) is 26.0 Å². The van der Waals surface area contributed by atoms with E-state index in [4.69, 9.17) is 0 Å². The molecule has 0 aliphatic heterocycles. The van der Waals surface area contributed by atoms with Crippen molar-refractivity contribution in [2.24, 2.45) is 4.99 Å². The summed E-state index contributed by atoms with van der Waals surface area (Å²) in [5, 5.41) is 6.78. The van der Waals surface area contributed by atoms with Gasteiger partial charge in [-0.25, -0.2) is 4.39 Å². The summed E-state index contributed by atoms with van der Waals surface area (Å²) in [5.74, 6) is 0.667. The zero-order valence-electron chi connectivity index (χ0n) is 16.3. The molecule has 0 radical (unpaired) electrons. The summed E-state index contributed by atoms with van der Waals surface area (Å²) >= 11 is 0. The monoisotopic (exact) mass is 350 g/mol. The lowest BCUT2D eigenvalue weighted by Crippen LogP contribution is -2.42. The molecule has 1 rings (SSSR count). The Bertz CT molecular complexity index is 483. The minimum atomic E-state index is -0.194. The van der Waals surface area contributed by atoms with Gasteiger partial charge in [0.2, 0.25) is 0 Å². The largest absolute Gasteiger partial charge is 0.357 e. The molecule has 0 saturated heterocycles. The average Bonchev–Trinajstić information content (AvgIpc) is 2.60. The van der Waals surface area contributed by atoms with Crippen LogP contribution >= 0.6 is 0 Å². The van der Waals surface area contributed by atoms with Gasteiger partial charge in [0.15, 0.2) is 5.96 Å². The Morgan fingerprint density at radius 3 is 2.44 bits per heavy atom. The quantitative estimate of drug-likeness (QED) is 0.474. The standard InChI is InChI=1S/C20H35FN4/c1-5-22-20(23-15-14-18-10-12-19(21)13-11-18)24-17(4)9-8-16-25(6-2)7-3/h10-13,17H,5-9,14-16H2,1-4H3,(H2,22,23,24). The van der Waals surface area contributed by atoms with Crippen molar-refractivity contribution >= 4 is 5.96 Å². The average molecular weight is 351 g/mol. The van der Waals surface area contributed by atoms with E-state index >= 15 is 0 Å². The molecule has 0 heterocycles. The number of halogens is 1. The van der Waals surface area contributed by atoms with Gasteiger partial charge in [0, 0.05) is 19.1 Å². The second-order valence-electron chi connectivity index (χ2n) is 6.35. The van der Waals surface area contributed by atoms with E-state index in [1.807, 2.05) is 12.1 Å². The fourth-order valence-electron chi connectivity index (χ4n) is 2.73. The summed E-state index contributed by atoms with van der Waals surface area (Å²) in [4.78, 5) is 7.09. The molecule has 25 heavy (non-hydrogen) atoms. The highest BCUT2D eigenvalue weighted by molar-refractivity contribution is 5.80. The number of guanidine groups is 1. The van der Waals surface area contributed by atoms with Gasteiger partial charge in [0.05, 0.1) is 0 Å². The van der Waals surface area contributed by atoms with Crippen molar-refractivity contribution < 1.29 is 4.39 Å². The van der Waals surface area contributed by atoms with Crippen molar-refractivity contribution in [2.75, 3.05) is 32.7 Å². The van der Waals surface area contributed by atoms with Crippen molar-refractivity contribution in [1.29, 1.82) is 0 Å². The maximum Gasteiger partial charge on any atom is 0.191 e. The number of nitrogens with zero attached hydrogens (tertiary/aromatic N) is 2. The zero-order valence-corrected chi connectivity index (χ0v) is 16.3. The van der Waals surface area contributed by atoms with Gasteiger partial charge >= 0.3 is 0 Å². The third kappa shape index (κ3) is 9.44. The number of hydrogen-bond donors (Lipinski definition) is 2. The molecule has 0 aromatic heterocycles. The van der Waals surface area contributed by atoms with Crippen LogP contribution in [0.15, 0.2) is 29.3 Å². The first-order chi connectivity index (χ1) is 12.1. The Hall–Kier alpha value is -1.62. The molecule has 0 spiro atoms. The van der Waals surface area contributed by atoms with Gasteiger partial charge < -0.3 is 15.5 Å². The highest BCUT2D eigenvalue weighted by Crippen LogP contribution is 2.04. The van der Waals surface area contributed by atoms with Gasteiger partial charge in [-0.15, -0.1) is 0 Å². The Labute approximate surface area is 152 Å². The number of benzene rings is 1. The highest BCUT2D eigenvalue weighted by atomic mass is 19.1. The summed E-state index contributed by atoms with van der Waals surface area (Å²) in [6.07, 6.45) is 3.12. The van der Waals surface area contributed by atoms with E-state index in [2.05, 4.69) is 48.2 Å². The maximum absolute atomic E-state index is 12.9. The molecule has 5 heteroatoms. The van der Waals surface area contributed by atoms with E-state index < -0.39 is 0 Å². The smallest absolute Gasteiger partial charge is 0.191 e. The van der Waals surface area contributed by atoms with Crippen LogP contribution in [0.3, 0.4) is 0 Å². The lowest BCUT2D eigenvalue weighted by Gasteiger charge is -2.21. The molecule has 0 saturated carbocycles. The minimum Gasteiger partial charge on any atom is -0.357 e. The van der Waals surface area contributed by atoms with Crippen LogP contribution in [-0.2, 0) is 6.42 Å². The first kappa shape index (κ1) is 21.4. The molecule has 1 aromatic rings. The fourth-order valence-corrected chi connectivity index (χ4v) is 2.73. The lowest BCUT2D eigenvalue weighted by molar-refractivity contribution is 0.292. The van der Waals surface area contributed by atoms with Gasteiger partial charge in [0.1, 0.15) is 5.82 Å². The summed E-state index contributed by atoms with van der Waals surface area (Å²) in [6, 6.07) is 7.03. The van der Waals surface area contributed by atoms with Gasteiger partial charge in [-0.2, -0.15) is 0 Å². The molecule has 1 aromatic carbocycles. The summed E-state index contributed by atoms with van der Waals surface area (Å²) < 4.78 is 12.9. The van der Waals surface area contributed by atoms with Crippen LogP contribution in [-0.4, -0.2) is 49.6 Å². The van der Waals surface area contributed by atoms with Crippen LogP contribution in [0.25, 0.3) is 0 Å². The van der Waals surface area contributed by atoms with Crippen LogP contribution in [0.2, 0.25) is 0 Å². The third-order valence-electron chi connectivity index (χ3n) is 4.32. The van der Waals surface area contributed by atoms with Gasteiger partial charge in [-0.05, 0) is 70.4 Å². The summed E-state index contributed by atoms with van der Waals surface area (Å²) in [7, 11) is 0. The highest BCUT2D eigenvalue weighted by Gasteiger charge is 2.06. The normalized spacial score (nSPS) is 13.1. The Balaban J connectivity index is 2.39. The second kappa shape index (κ2) is 12.7. The molecule has 0 fully saturated rings. The second-order valence-corrected chi connectivity index (χ2v) is 6.35. The van der Waals surface area contributed by atoms with Crippen molar-refractivity contribution in [3.05, 3.63) is 35.6 Å². The van der Waals surface area contributed by atoms with Gasteiger partial charge in [-0.3, -0.25) is 4.99 Å². The van der Waals surface area contributed by atoms with Crippen LogP contribution in [0, 0.1) is 5.82 Å². The SMILES string of the molecule is CCNC(=NCCc1ccc(F)cc1)NC(C)CCCN(CC)CC. The van der Waals surface area contributed by atoms with Crippen LogP contribution in [0.4, 0.5) is 4.39 Å². The van der Waals surface area contributed by atoms with Crippen molar-refractivity contribution in [2.45, 2.75) is 53.0 Å². The Morgan fingerprint density at radius 1 is 1.16 bits per heavy atom. The predicted molar refractivity (Wildman–Crippen MR) is 106 cm³/mol. The molecule has 0 bridgehead atoms. The molecule has 0 aliphatic rings. The van der Waals surface area contributed by atoms with Crippen LogP contribution in [0.5, 0.6) is 0 Å². The Morgan fingerprint density at radius 2 is 1.84 bits per heavy atom. The fraction of sp³-hybridized carbons (Fsp3) is 0.650. The summed E-state index contributed by atoms with van der Waals surface area (Å²) in [5.41, 5.74) is 1.10. The van der Waals surface area contributed by atoms with E-state index in [1.165, 1.54) is 18.6 Å². The molecule has 0 amide bonds. The number of rotatable bonds is 11. The topological polar surface area (TPSA) is 39.7 Å². The van der Waals surface area contributed by atoms with Crippen molar-refractivity contribution in [3.63, 3.8) is 0 Å². The molecule has 142 valence electrons. The first-order valence-electron chi connectivity index (χ1n) is 9.60. The molecule has 0 aliphatic carbocycles. The van der Waals surface area contributed by atoms with Crippen LogP contribution < -0.4 is 10.6 Å². The molecule has 2 N–H and O–H groups in total. The van der Waals surface area contributed by atoms with E-state index in [1.54, 1.807) is 0 Å². The van der Waals surface area contributed by atoms with Crippen molar-refractivity contribution in [3.8, 4) is 0 Å². The number of nitrogens with one attached hydrogen (secondary N) is 2. The van der Waals surface area contributed by atoms with Crippen LogP contribution in [0.1, 0.15) is 46.1 Å². The Kier molecular flexibility index (Phi) is 10.9. The lowest BCUT2D eigenvalue weighted by atomic mass is 10.1. The van der Waals surface area contributed by atoms with E-state index in [9.17, 15) is 4.39 Å². The van der Waals surface area contributed by atoms with Crippen molar-refractivity contribution in [1.82, 2.24) is 15.5 Å². The first-order valence-corrected chi connectivity index (χ1v) is 9.60. The third-order valence-corrected chi connectivity index (χ3v) is 4.32. The molecule has 1 unspecified atom stereocenters. The molecular weight excluding hydrogens is 315 g/mol. The predicted octanol–water partition coefficient (Wildman–Crippen LogP) is 3.43. The summed E-state index contributed by atoms with van der Waals surface area (Å²) in [6.45, 7) is 13.6. The molecular formula is C20H35FN4. The number of hydrogen-bond acceptors (Lipinski definition) is 2. The van der Waals surface area contributed by atoms with Gasteiger partial charge in [0.25, 0.3) is 0 Å². The van der Waals surface area contributed by atoms with E-state index in [0.29, 0.717) is 12.6 Å². The molecule has 1 atom stereocenters. The van der Waals surface area contributed by atoms with E-state index in [0.717, 1.165) is 50.5 Å². The molecule has 4 nitrogen and oxygen atoms in total. The minimum absolute atomic E-state index is 0.194. The zero-order chi connectivity index (χ0) is 18.5. The van der Waals surface area contributed by atoms with E-state index in [-0.39, 0.29) is 5.82 Å². The maximum atomic E-state index is 12.9. The number of aliphatic imine (C=N–C) groups is 1.